The Morgan fingerprint density at radius 2 is 2.07 bits per heavy atom. The van der Waals surface area contributed by atoms with Crippen LogP contribution in [0.15, 0.2) is 11.3 Å². The van der Waals surface area contributed by atoms with Crippen molar-refractivity contribution in [1.82, 2.24) is 30.3 Å². The summed E-state index contributed by atoms with van der Waals surface area (Å²) in [5, 5.41) is 14.2. The van der Waals surface area contributed by atoms with E-state index < -0.39 is 5.60 Å². The molecule has 0 saturated heterocycles. The smallest absolute Gasteiger partial charge is 0.407 e. The lowest BCUT2D eigenvalue weighted by molar-refractivity contribution is 0.0486. The SMILES string of the molecule is CCNC(=NCc1nncn1C)N(C)CCC(NC(=O)OC(C)(C)C)C(C)C. The van der Waals surface area contributed by atoms with Gasteiger partial charge in [0.25, 0.3) is 0 Å². The Kier molecular flexibility index (Phi) is 9.21. The molecule has 0 radical (unpaired) electrons. The Morgan fingerprint density at radius 1 is 1.39 bits per heavy atom. The molecule has 9 heteroatoms. The number of carbonyl (C=O) groups is 1. The summed E-state index contributed by atoms with van der Waals surface area (Å²) in [5.41, 5.74) is -0.507. The van der Waals surface area contributed by atoms with Crippen LogP contribution in [-0.2, 0) is 18.3 Å². The number of aromatic nitrogens is 3. The molecule has 0 fully saturated rings. The van der Waals surface area contributed by atoms with E-state index in [0.29, 0.717) is 12.5 Å². The Morgan fingerprint density at radius 3 is 2.57 bits per heavy atom. The van der Waals surface area contributed by atoms with Crippen molar-refractivity contribution >= 4 is 12.1 Å². The summed E-state index contributed by atoms with van der Waals surface area (Å²) in [4.78, 5) is 18.8. The van der Waals surface area contributed by atoms with Gasteiger partial charge in [0.1, 0.15) is 18.5 Å². The summed E-state index contributed by atoms with van der Waals surface area (Å²) in [6.07, 6.45) is 2.07. The fraction of sp³-hybridized carbons (Fsp3) is 0.789. The maximum absolute atomic E-state index is 12.1. The summed E-state index contributed by atoms with van der Waals surface area (Å²) in [6, 6.07) is 0.0129. The number of aliphatic imine (C=N–C) groups is 1. The minimum atomic E-state index is -0.507. The van der Waals surface area contributed by atoms with Gasteiger partial charge in [-0.2, -0.15) is 0 Å². The fourth-order valence-corrected chi connectivity index (χ4v) is 2.54. The second-order valence-corrected chi connectivity index (χ2v) is 8.24. The molecule has 2 N–H and O–H groups in total. The molecule has 1 aromatic rings. The molecular weight excluding hydrogens is 358 g/mol. The Balaban J connectivity index is 2.67. The average molecular weight is 396 g/mol. The van der Waals surface area contributed by atoms with Crippen LogP contribution in [0.4, 0.5) is 4.79 Å². The number of hydrogen-bond acceptors (Lipinski definition) is 5. The number of alkyl carbamates (subject to hydrolysis) is 1. The minimum Gasteiger partial charge on any atom is -0.444 e. The molecule has 1 amide bonds. The molecule has 0 aromatic carbocycles. The molecule has 1 rings (SSSR count). The zero-order chi connectivity index (χ0) is 21.3. The largest absolute Gasteiger partial charge is 0.444 e. The van der Waals surface area contributed by atoms with Gasteiger partial charge in [0.05, 0.1) is 0 Å². The van der Waals surface area contributed by atoms with E-state index in [1.165, 1.54) is 0 Å². The number of ether oxygens (including phenoxy) is 1. The summed E-state index contributed by atoms with van der Waals surface area (Å²) < 4.78 is 7.24. The van der Waals surface area contributed by atoms with Crippen molar-refractivity contribution < 1.29 is 9.53 Å². The quantitative estimate of drug-likeness (QED) is 0.517. The first-order valence-electron chi connectivity index (χ1n) is 9.85. The standard InChI is InChI=1S/C19H37N7O2/c1-9-20-17(21-12-16-24-22-13-26(16)8)25(7)11-10-15(14(2)3)23-18(27)28-19(4,5)6/h13-15H,9-12H2,1-8H3,(H,20,21)(H,23,27). The van der Waals surface area contributed by atoms with Crippen molar-refractivity contribution in [1.29, 1.82) is 0 Å². The van der Waals surface area contributed by atoms with Crippen molar-refractivity contribution in [3.8, 4) is 0 Å². The Labute approximate surface area is 168 Å². The van der Waals surface area contributed by atoms with E-state index in [-0.39, 0.29) is 12.1 Å². The van der Waals surface area contributed by atoms with Gasteiger partial charge in [0.2, 0.25) is 0 Å². The molecule has 28 heavy (non-hydrogen) atoms. The normalized spacial score (nSPS) is 13.4. The van der Waals surface area contributed by atoms with Crippen LogP contribution in [0.25, 0.3) is 0 Å². The zero-order valence-corrected chi connectivity index (χ0v) is 18.6. The lowest BCUT2D eigenvalue weighted by atomic mass is 10.0. The molecule has 0 aliphatic rings. The first kappa shape index (κ1) is 23.7. The second-order valence-electron chi connectivity index (χ2n) is 8.24. The first-order valence-corrected chi connectivity index (χ1v) is 9.85. The second kappa shape index (κ2) is 10.9. The molecule has 0 saturated carbocycles. The zero-order valence-electron chi connectivity index (χ0n) is 18.6. The molecule has 0 aliphatic heterocycles. The van der Waals surface area contributed by atoms with E-state index in [4.69, 9.17) is 4.74 Å². The third kappa shape index (κ3) is 8.58. The van der Waals surface area contributed by atoms with Crippen molar-refractivity contribution in [3.63, 3.8) is 0 Å². The summed E-state index contributed by atoms with van der Waals surface area (Å²) in [6.45, 7) is 13.8. The van der Waals surface area contributed by atoms with Gasteiger partial charge < -0.3 is 24.8 Å². The highest BCUT2D eigenvalue weighted by atomic mass is 16.6. The third-order valence-electron chi connectivity index (χ3n) is 4.15. The number of guanidine groups is 1. The first-order chi connectivity index (χ1) is 13.0. The van der Waals surface area contributed by atoms with Gasteiger partial charge in [-0.3, -0.25) is 0 Å². The maximum atomic E-state index is 12.1. The van der Waals surface area contributed by atoms with E-state index in [9.17, 15) is 4.79 Å². The number of amides is 1. The fourth-order valence-electron chi connectivity index (χ4n) is 2.54. The highest BCUT2D eigenvalue weighted by Gasteiger charge is 2.22. The van der Waals surface area contributed by atoms with Gasteiger partial charge in [-0.25, -0.2) is 9.79 Å². The number of hydrogen-bond donors (Lipinski definition) is 2. The Bertz CT molecular complexity index is 634. The molecule has 1 unspecified atom stereocenters. The monoisotopic (exact) mass is 395 g/mol. The van der Waals surface area contributed by atoms with E-state index in [1.807, 2.05) is 46.4 Å². The highest BCUT2D eigenvalue weighted by molar-refractivity contribution is 5.79. The molecule has 0 bridgehead atoms. The highest BCUT2D eigenvalue weighted by Crippen LogP contribution is 2.11. The number of nitrogens with zero attached hydrogens (tertiary/aromatic N) is 5. The Hall–Kier alpha value is -2.32. The molecule has 1 atom stereocenters. The van der Waals surface area contributed by atoms with Crippen LogP contribution in [0.5, 0.6) is 0 Å². The van der Waals surface area contributed by atoms with Crippen molar-refractivity contribution in [2.24, 2.45) is 18.0 Å². The van der Waals surface area contributed by atoms with Crippen LogP contribution in [0.2, 0.25) is 0 Å². The van der Waals surface area contributed by atoms with Gasteiger partial charge >= 0.3 is 6.09 Å². The average Bonchev–Trinajstić information content (AvgIpc) is 2.98. The lowest BCUT2D eigenvalue weighted by Gasteiger charge is -2.28. The van der Waals surface area contributed by atoms with E-state index in [1.54, 1.807) is 6.33 Å². The van der Waals surface area contributed by atoms with Gasteiger partial charge in [-0.05, 0) is 40.0 Å². The molecule has 160 valence electrons. The van der Waals surface area contributed by atoms with Crippen LogP contribution in [-0.4, -0.2) is 63.5 Å². The van der Waals surface area contributed by atoms with Crippen molar-refractivity contribution in [2.45, 2.75) is 66.2 Å². The minimum absolute atomic E-state index is 0.0129. The summed E-state index contributed by atoms with van der Waals surface area (Å²) in [5.74, 6) is 1.89. The molecule has 0 aliphatic carbocycles. The van der Waals surface area contributed by atoms with E-state index >= 15 is 0 Å². The van der Waals surface area contributed by atoms with Crippen LogP contribution >= 0.6 is 0 Å². The number of nitrogens with one attached hydrogen (secondary N) is 2. The van der Waals surface area contributed by atoms with E-state index in [0.717, 1.165) is 31.3 Å². The molecular formula is C19H37N7O2. The number of carbonyl (C=O) groups excluding carboxylic acids is 1. The van der Waals surface area contributed by atoms with Gasteiger partial charge in [-0.15, -0.1) is 10.2 Å². The topological polar surface area (TPSA) is 96.7 Å². The summed E-state index contributed by atoms with van der Waals surface area (Å²) in [7, 11) is 3.89. The summed E-state index contributed by atoms with van der Waals surface area (Å²) >= 11 is 0. The maximum Gasteiger partial charge on any atom is 0.407 e. The van der Waals surface area contributed by atoms with Crippen LogP contribution < -0.4 is 10.6 Å². The van der Waals surface area contributed by atoms with E-state index in [2.05, 4.69) is 44.6 Å². The van der Waals surface area contributed by atoms with Crippen molar-refractivity contribution in [2.75, 3.05) is 20.1 Å². The van der Waals surface area contributed by atoms with Gasteiger partial charge in [-0.1, -0.05) is 13.8 Å². The predicted molar refractivity (Wildman–Crippen MR) is 111 cm³/mol. The predicted octanol–water partition coefficient (Wildman–Crippen LogP) is 2.15. The third-order valence-corrected chi connectivity index (χ3v) is 4.15. The number of rotatable bonds is 8. The van der Waals surface area contributed by atoms with Crippen LogP contribution in [0.3, 0.4) is 0 Å². The molecule has 1 heterocycles. The van der Waals surface area contributed by atoms with Crippen LogP contribution in [0, 0.1) is 5.92 Å². The molecule has 9 nitrogen and oxygen atoms in total. The number of aryl methyl sites for hydroxylation is 1. The molecule has 1 aromatic heterocycles. The van der Waals surface area contributed by atoms with Gasteiger partial charge in [0.15, 0.2) is 11.8 Å². The lowest BCUT2D eigenvalue weighted by Crippen LogP contribution is -2.45. The van der Waals surface area contributed by atoms with Crippen molar-refractivity contribution in [3.05, 3.63) is 12.2 Å². The molecule has 0 spiro atoms. The van der Waals surface area contributed by atoms with Crippen LogP contribution in [0.1, 0.15) is 53.8 Å². The van der Waals surface area contributed by atoms with Gasteiger partial charge in [0, 0.05) is 33.2 Å².